The second kappa shape index (κ2) is 7.87. The van der Waals surface area contributed by atoms with E-state index in [-0.39, 0.29) is 18.8 Å². The Kier molecular flexibility index (Phi) is 5.13. The lowest BCUT2D eigenvalue weighted by Crippen LogP contribution is -2.09. The summed E-state index contributed by atoms with van der Waals surface area (Å²) in [7, 11) is 0. The molecule has 0 bridgehead atoms. The van der Waals surface area contributed by atoms with E-state index in [2.05, 4.69) is 0 Å². The van der Waals surface area contributed by atoms with Gasteiger partial charge in [-0.05, 0) is 23.3 Å². The zero-order valence-electron chi connectivity index (χ0n) is 14.8. The van der Waals surface area contributed by atoms with Crippen LogP contribution in [0, 0.1) is 5.82 Å². The summed E-state index contributed by atoms with van der Waals surface area (Å²) < 4.78 is 25.5. The van der Waals surface area contributed by atoms with Gasteiger partial charge in [-0.15, -0.1) is 0 Å². The van der Waals surface area contributed by atoms with E-state index >= 15 is 0 Å². The van der Waals surface area contributed by atoms with E-state index in [1.54, 1.807) is 6.07 Å². The Morgan fingerprint density at radius 3 is 2.68 bits per heavy atom. The maximum atomic E-state index is 14.3. The summed E-state index contributed by atoms with van der Waals surface area (Å²) in [4.78, 5) is 10.8. The van der Waals surface area contributed by atoms with E-state index in [0.29, 0.717) is 28.4 Å². The SMILES string of the molecule is O=CC1=Cc2c(F)cc(OCc3ccc(-c4ccccc4)c(Cl)c3)cc2OC1. The van der Waals surface area contributed by atoms with Gasteiger partial charge in [0.25, 0.3) is 0 Å². The van der Waals surface area contributed by atoms with Crippen LogP contribution in [0.25, 0.3) is 17.2 Å². The van der Waals surface area contributed by atoms with Crippen LogP contribution in [0.2, 0.25) is 5.02 Å². The van der Waals surface area contributed by atoms with Gasteiger partial charge in [-0.2, -0.15) is 0 Å². The van der Waals surface area contributed by atoms with Crippen molar-refractivity contribution < 1.29 is 18.7 Å². The van der Waals surface area contributed by atoms with E-state index in [9.17, 15) is 9.18 Å². The topological polar surface area (TPSA) is 35.5 Å². The van der Waals surface area contributed by atoms with Crippen LogP contribution in [0.15, 0.2) is 66.2 Å². The van der Waals surface area contributed by atoms with Gasteiger partial charge in [0.1, 0.15) is 36.8 Å². The van der Waals surface area contributed by atoms with Crippen molar-refractivity contribution in [3.63, 3.8) is 0 Å². The molecule has 0 unspecified atom stereocenters. The molecule has 0 aromatic heterocycles. The molecule has 0 saturated carbocycles. The first-order chi connectivity index (χ1) is 13.6. The van der Waals surface area contributed by atoms with Gasteiger partial charge in [0.2, 0.25) is 0 Å². The zero-order valence-corrected chi connectivity index (χ0v) is 15.6. The first-order valence-corrected chi connectivity index (χ1v) is 9.10. The summed E-state index contributed by atoms with van der Waals surface area (Å²) >= 11 is 6.42. The fourth-order valence-corrected chi connectivity index (χ4v) is 3.35. The molecule has 3 nitrogen and oxygen atoms in total. The summed E-state index contributed by atoms with van der Waals surface area (Å²) in [5.41, 5.74) is 3.50. The van der Waals surface area contributed by atoms with Gasteiger partial charge in [-0.25, -0.2) is 4.39 Å². The maximum absolute atomic E-state index is 14.3. The van der Waals surface area contributed by atoms with Gasteiger partial charge in [0, 0.05) is 28.3 Å². The van der Waals surface area contributed by atoms with Gasteiger partial charge < -0.3 is 9.47 Å². The Labute approximate surface area is 167 Å². The third-order valence-electron chi connectivity index (χ3n) is 4.46. The monoisotopic (exact) mass is 394 g/mol. The van der Waals surface area contributed by atoms with Crippen molar-refractivity contribution in [3.8, 4) is 22.6 Å². The van der Waals surface area contributed by atoms with Crippen LogP contribution in [-0.2, 0) is 11.4 Å². The molecule has 0 saturated heterocycles. The molecule has 1 aliphatic heterocycles. The van der Waals surface area contributed by atoms with Gasteiger partial charge >= 0.3 is 0 Å². The Morgan fingerprint density at radius 1 is 1.11 bits per heavy atom. The van der Waals surface area contributed by atoms with E-state index in [0.717, 1.165) is 16.7 Å². The smallest absolute Gasteiger partial charge is 0.149 e. The van der Waals surface area contributed by atoms with E-state index < -0.39 is 5.82 Å². The number of fused-ring (bicyclic) bond motifs is 1. The first kappa shape index (κ1) is 18.3. The standard InChI is InChI=1S/C23H16ClFO3/c24-21-9-15(6-7-19(21)17-4-2-1-3-5-17)13-27-18-10-22(25)20-8-16(12-26)14-28-23(20)11-18/h1-12H,13-14H2. The minimum Gasteiger partial charge on any atom is -0.489 e. The number of aldehydes is 1. The molecule has 5 heteroatoms. The Hall–Kier alpha value is -3.11. The molecule has 0 aliphatic carbocycles. The van der Waals surface area contributed by atoms with Crippen LogP contribution in [0.4, 0.5) is 4.39 Å². The zero-order chi connectivity index (χ0) is 19.5. The van der Waals surface area contributed by atoms with Crippen LogP contribution in [0.3, 0.4) is 0 Å². The second-order valence-electron chi connectivity index (χ2n) is 6.41. The molecule has 0 fully saturated rings. The number of benzene rings is 3. The quantitative estimate of drug-likeness (QED) is 0.521. The van der Waals surface area contributed by atoms with Crippen molar-refractivity contribution in [1.29, 1.82) is 0 Å². The average Bonchev–Trinajstić information content (AvgIpc) is 2.73. The van der Waals surface area contributed by atoms with Crippen molar-refractivity contribution in [2.45, 2.75) is 6.61 Å². The molecule has 1 heterocycles. The number of carbonyl (C=O) groups is 1. The van der Waals surface area contributed by atoms with Crippen LogP contribution in [0.1, 0.15) is 11.1 Å². The highest BCUT2D eigenvalue weighted by molar-refractivity contribution is 6.33. The minimum absolute atomic E-state index is 0.121. The van der Waals surface area contributed by atoms with Crippen molar-refractivity contribution in [2.24, 2.45) is 0 Å². The molecule has 0 N–H and O–H groups in total. The van der Waals surface area contributed by atoms with E-state index in [1.807, 2.05) is 48.5 Å². The van der Waals surface area contributed by atoms with Crippen molar-refractivity contribution in [3.05, 3.63) is 88.2 Å². The number of rotatable bonds is 5. The highest BCUT2D eigenvalue weighted by atomic mass is 35.5. The lowest BCUT2D eigenvalue weighted by Gasteiger charge is -2.17. The van der Waals surface area contributed by atoms with Crippen LogP contribution >= 0.6 is 11.6 Å². The number of ether oxygens (including phenoxy) is 2. The molecule has 3 aromatic rings. The molecular formula is C23H16ClFO3. The third-order valence-corrected chi connectivity index (χ3v) is 4.78. The normalized spacial score (nSPS) is 12.6. The molecule has 0 spiro atoms. The van der Waals surface area contributed by atoms with Crippen molar-refractivity contribution in [2.75, 3.05) is 6.61 Å². The fourth-order valence-electron chi connectivity index (χ4n) is 3.03. The summed E-state index contributed by atoms with van der Waals surface area (Å²) in [6.45, 7) is 0.360. The van der Waals surface area contributed by atoms with E-state index in [4.69, 9.17) is 21.1 Å². The number of hydrogen-bond acceptors (Lipinski definition) is 3. The highest BCUT2D eigenvalue weighted by Gasteiger charge is 2.17. The predicted molar refractivity (Wildman–Crippen MR) is 107 cm³/mol. The number of carbonyl (C=O) groups excluding carboxylic acids is 1. The molecule has 0 amide bonds. The summed E-state index contributed by atoms with van der Waals surface area (Å²) in [6, 6.07) is 18.5. The van der Waals surface area contributed by atoms with E-state index in [1.165, 1.54) is 12.1 Å². The van der Waals surface area contributed by atoms with Gasteiger partial charge in [-0.3, -0.25) is 4.79 Å². The first-order valence-electron chi connectivity index (χ1n) is 8.73. The highest BCUT2D eigenvalue weighted by Crippen LogP contribution is 2.33. The summed E-state index contributed by atoms with van der Waals surface area (Å²) in [5.74, 6) is 0.213. The Bertz CT molecular complexity index is 1060. The fraction of sp³-hybridized carbons (Fsp3) is 0.0870. The lowest BCUT2D eigenvalue weighted by molar-refractivity contribution is -0.105. The average molecular weight is 395 g/mol. The molecular weight excluding hydrogens is 379 g/mol. The largest absolute Gasteiger partial charge is 0.489 e. The lowest BCUT2D eigenvalue weighted by atomic mass is 10.0. The number of halogens is 2. The Balaban J connectivity index is 1.51. The maximum Gasteiger partial charge on any atom is 0.149 e. The minimum atomic E-state index is -0.496. The second-order valence-corrected chi connectivity index (χ2v) is 6.82. The summed E-state index contributed by atoms with van der Waals surface area (Å²) in [6.07, 6.45) is 2.16. The molecule has 140 valence electrons. The number of hydrogen-bond donors (Lipinski definition) is 0. The molecule has 4 rings (SSSR count). The molecule has 0 radical (unpaired) electrons. The summed E-state index contributed by atoms with van der Waals surface area (Å²) in [5, 5.41) is 0.624. The molecule has 1 aliphatic rings. The molecule has 3 aromatic carbocycles. The van der Waals surface area contributed by atoms with Crippen molar-refractivity contribution in [1.82, 2.24) is 0 Å². The van der Waals surface area contributed by atoms with Gasteiger partial charge in [0.05, 0.1) is 5.56 Å². The third kappa shape index (κ3) is 3.78. The van der Waals surface area contributed by atoms with Gasteiger partial charge in [0.15, 0.2) is 0 Å². The molecule has 28 heavy (non-hydrogen) atoms. The van der Waals surface area contributed by atoms with Crippen LogP contribution < -0.4 is 9.47 Å². The van der Waals surface area contributed by atoms with Crippen molar-refractivity contribution >= 4 is 24.0 Å². The molecule has 0 atom stereocenters. The predicted octanol–water partition coefficient (Wildman–Crippen LogP) is 5.70. The van der Waals surface area contributed by atoms with Crippen LogP contribution in [0.5, 0.6) is 11.5 Å². The Morgan fingerprint density at radius 2 is 1.93 bits per heavy atom. The van der Waals surface area contributed by atoms with Gasteiger partial charge in [-0.1, -0.05) is 54.1 Å². The van der Waals surface area contributed by atoms with Crippen LogP contribution in [-0.4, -0.2) is 12.9 Å².